The first-order chi connectivity index (χ1) is 12.2. The molecule has 0 radical (unpaired) electrons. The van der Waals surface area contributed by atoms with Crippen LogP contribution in [0, 0.1) is 0 Å². The van der Waals surface area contributed by atoms with Crippen LogP contribution in [-0.4, -0.2) is 34.9 Å². The van der Waals surface area contributed by atoms with Crippen LogP contribution < -0.4 is 16.4 Å². The van der Waals surface area contributed by atoms with Crippen molar-refractivity contribution < 1.29 is 9.53 Å². The molecule has 2 amide bonds. The first-order valence-electron chi connectivity index (χ1n) is 7.88. The third kappa shape index (κ3) is 4.04. The maximum Gasteiger partial charge on any atom is 0.320 e. The van der Waals surface area contributed by atoms with Crippen LogP contribution in [0.4, 0.5) is 16.4 Å². The van der Waals surface area contributed by atoms with Gasteiger partial charge in [0.2, 0.25) is 0 Å². The molecule has 3 aromatic rings. The zero-order valence-electron chi connectivity index (χ0n) is 13.8. The van der Waals surface area contributed by atoms with E-state index in [2.05, 4.69) is 25.8 Å². The molecule has 3 rings (SSSR count). The quantitative estimate of drug-likeness (QED) is 0.550. The number of carbonyl (C=O) groups is 1. The summed E-state index contributed by atoms with van der Waals surface area (Å²) in [7, 11) is 1.64. The SMILES string of the molecule is COCCC(NC(=O)Nc1cc2[nH]nc(N)c2cn1)c1ccccc1. The summed E-state index contributed by atoms with van der Waals surface area (Å²) in [6, 6.07) is 10.9. The van der Waals surface area contributed by atoms with Crippen LogP contribution in [0.1, 0.15) is 18.0 Å². The van der Waals surface area contributed by atoms with Crippen molar-refractivity contribution in [3.05, 3.63) is 48.2 Å². The molecule has 0 spiro atoms. The molecule has 0 aliphatic rings. The van der Waals surface area contributed by atoms with Gasteiger partial charge in [-0.15, -0.1) is 0 Å². The van der Waals surface area contributed by atoms with Gasteiger partial charge in [0.05, 0.1) is 16.9 Å². The number of ether oxygens (including phenoxy) is 1. The molecule has 2 heterocycles. The number of urea groups is 1. The molecule has 2 aromatic heterocycles. The van der Waals surface area contributed by atoms with Gasteiger partial charge in [-0.2, -0.15) is 5.10 Å². The van der Waals surface area contributed by atoms with Gasteiger partial charge in [0.25, 0.3) is 0 Å². The van der Waals surface area contributed by atoms with Gasteiger partial charge in [-0.1, -0.05) is 30.3 Å². The molecule has 1 unspecified atom stereocenters. The predicted molar refractivity (Wildman–Crippen MR) is 96.1 cm³/mol. The lowest BCUT2D eigenvalue weighted by Crippen LogP contribution is -2.33. The topological polar surface area (TPSA) is 118 Å². The van der Waals surface area contributed by atoms with E-state index in [4.69, 9.17) is 10.5 Å². The molecular formula is C17H20N6O2. The smallest absolute Gasteiger partial charge is 0.320 e. The second-order valence-corrected chi connectivity index (χ2v) is 5.57. The van der Waals surface area contributed by atoms with Crippen LogP contribution in [-0.2, 0) is 4.74 Å². The number of amides is 2. The molecule has 0 fully saturated rings. The average molecular weight is 340 g/mol. The van der Waals surface area contributed by atoms with Crippen LogP contribution in [0.15, 0.2) is 42.6 Å². The minimum atomic E-state index is -0.343. The number of fused-ring (bicyclic) bond motifs is 1. The van der Waals surface area contributed by atoms with Gasteiger partial charge in [0.1, 0.15) is 5.82 Å². The summed E-state index contributed by atoms with van der Waals surface area (Å²) >= 11 is 0. The van der Waals surface area contributed by atoms with Gasteiger partial charge in [-0.3, -0.25) is 10.4 Å². The number of carbonyl (C=O) groups excluding carboxylic acids is 1. The molecular weight excluding hydrogens is 320 g/mol. The number of anilines is 2. The molecule has 0 saturated heterocycles. The van der Waals surface area contributed by atoms with Crippen molar-refractivity contribution >= 4 is 28.6 Å². The van der Waals surface area contributed by atoms with Gasteiger partial charge in [-0.05, 0) is 12.0 Å². The normalized spacial score (nSPS) is 12.0. The number of methoxy groups -OCH3 is 1. The number of nitrogens with two attached hydrogens (primary N) is 1. The summed E-state index contributed by atoms with van der Waals surface area (Å²) in [4.78, 5) is 16.5. The molecule has 0 aliphatic heterocycles. The van der Waals surface area contributed by atoms with Crippen molar-refractivity contribution in [1.29, 1.82) is 0 Å². The third-order valence-corrected chi connectivity index (χ3v) is 3.84. The second-order valence-electron chi connectivity index (χ2n) is 5.57. The summed E-state index contributed by atoms with van der Waals surface area (Å²) in [5.74, 6) is 0.786. The van der Waals surface area contributed by atoms with Crippen LogP contribution in [0.5, 0.6) is 0 Å². The minimum Gasteiger partial charge on any atom is -0.385 e. The average Bonchev–Trinajstić information content (AvgIpc) is 3.00. The lowest BCUT2D eigenvalue weighted by atomic mass is 10.0. The van der Waals surface area contributed by atoms with Crippen LogP contribution >= 0.6 is 0 Å². The molecule has 0 aliphatic carbocycles. The van der Waals surface area contributed by atoms with Gasteiger partial charge in [0, 0.05) is 26.0 Å². The predicted octanol–water partition coefficient (Wildman–Crippen LogP) is 2.44. The van der Waals surface area contributed by atoms with E-state index in [1.165, 1.54) is 0 Å². The Balaban J connectivity index is 1.69. The lowest BCUT2D eigenvalue weighted by molar-refractivity contribution is 0.183. The molecule has 0 saturated carbocycles. The van der Waals surface area contributed by atoms with E-state index < -0.39 is 0 Å². The number of nitrogens with zero attached hydrogens (tertiary/aromatic N) is 2. The number of rotatable bonds is 6. The number of pyridine rings is 1. The molecule has 0 bridgehead atoms. The summed E-state index contributed by atoms with van der Waals surface area (Å²) in [6.07, 6.45) is 2.24. The Morgan fingerprint density at radius 3 is 2.92 bits per heavy atom. The number of hydrogen-bond acceptors (Lipinski definition) is 5. The molecule has 1 atom stereocenters. The fourth-order valence-corrected chi connectivity index (χ4v) is 2.55. The zero-order valence-corrected chi connectivity index (χ0v) is 13.8. The standard InChI is InChI=1S/C17H20N6O2/c1-25-8-7-13(11-5-3-2-4-6-11)20-17(24)21-15-9-14-12(10-19-15)16(18)23-22-14/h2-6,9-10,13H,7-8H2,1H3,(H3,18,22,23)(H2,19,20,21,24). The molecule has 8 nitrogen and oxygen atoms in total. The molecule has 5 N–H and O–H groups in total. The lowest BCUT2D eigenvalue weighted by Gasteiger charge is -2.19. The van der Waals surface area contributed by atoms with Gasteiger partial charge in [0.15, 0.2) is 5.82 Å². The fraction of sp³-hybridized carbons (Fsp3) is 0.235. The van der Waals surface area contributed by atoms with Crippen LogP contribution in [0.3, 0.4) is 0 Å². The summed E-state index contributed by atoms with van der Waals surface area (Å²) in [6.45, 7) is 0.539. The Labute approximate surface area is 144 Å². The van der Waals surface area contributed by atoms with E-state index in [9.17, 15) is 4.79 Å². The van der Waals surface area contributed by atoms with Crippen molar-refractivity contribution in [1.82, 2.24) is 20.5 Å². The maximum atomic E-state index is 12.3. The highest BCUT2D eigenvalue weighted by Crippen LogP contribution is 2.20. The number of aromatic amines is 1. The van der Waals surface area contributed by atoms with Crippen molar-refractivity contribution in [2.75, 3.05) is 24.8 Å². The maximum absolute atomic E-state index is 12.3. The Kier molecular flexibility index (Phi) is 5.10. The number of aromatic nitrogens is 3. The number of nitrogens with one attached hydrogen (secondary N) is 3. The summed E-state index contributed by atoms with van der Waals surface area (Å²) in [5.41, 5.74) is 7.43. The van der Waals surface area contributed by atoms with Gasteiger partial charge in [-0.25, -0.2) is 9.78 Å². The molecule has 130 valence electrons. The molecule has 1 aromatic carbocycles. The Bertz CT molecular complexity index is 849. The first-order valence-corrected chi connectivity index (χ1v) is 7.88. The fourth-order valence-electron chi connectivity index (χ4n) is 2.55. The van der Waals surface area contributed by atoms with E-state index in [-0.39, 0.29) is 12.1 Å². The number of H-pyrrole nitrogens is 1. The van der Waals surface area contributed by atoms with Crippen LogP contribution in [0.2, 0.25) is 0 Å². The van der Waals surface area contributed by atoms with Crippen molar-refractivity contribution in [2.24, 2.45) is 0 Å². The van der Waals surface area contributed by atoms with Gasteiger partial charge >= 0.3 is 6.03 Å². The van der Waals surface area contributed by atoms with Crippen molar-refractivity contribution in [2.45, 2.75) is 12.5 Å². The first kappa shape index (κ1) is 16.7. The van der Waals surface area contributed by atoms with E-state index in [1.54, 1.807) is 19.4 Å². The number of benzene rings is 1. The highest BCUT2D eigenvalue weighted by molar-refractivity contribution is 5.93. The Morgan fingerprint density at radius 2 is 2.16 bits per heavy atom. The Morgan fingerprint density at radius 1 is 1.36 bits per heavy atom. The van der Waals surface area contributed by atoms with Crippen molar-refractivity contribution in [3.63, 3.8) is 0 Å². The zero-order chi connectivity index (χ0) is 17.6. The number of hydrogen-bond donors (Lipinski definition) is 4. The third-order valence-electron chi connectivity index (χ3n) is 3.84. The Hall–Kier alpha value is -3.13. The molecule has 8 heteroatoms. The monoisotopic (exact) mass is 340 g/mol. The van der Waals surface area contributed by atoms with E-state index in [1.807, 2.05) is 30.3 Å². The highest BCUT2D eigenvalue weighted by atomic mass is 16.5. The van der Waals surface area contributed by atoms with Crippen LogP contribution in [0.25, 0.3) is 10.9 Å². The largest absolute Gasteiger partial charge is 0.385 e. The minimum absolute atomic E-state index is 0.160. The summed E-state index contributed by atoms with van der Waals surface area (Å²) in [5, 5.41) is 13.1. The highest BCUT2D eigenvalue weighted by Gasteiger charge is 2.15. The van der Waals surface area contributed by atoms with E-state index in [0.29, 0.717) is 35.6 Å². The van der Waals surface area contributed by atoms with E-state index >= 15 is 0 Å². The second kappa shape index (κ2) is 7.63. The molecule has 25 heavy (non-hydrogen) atoms. The van der Waals surface area contributed by atoms with Crippen molar-refractivity contribution in [3.8, 4) is 0 Å². The van der Waals surface area contributed by atoms with Gasteiger partial charge < -0.3 is 15.8 Å². The summed E-state index contributed by atoms with van der Waals surface area (Å²) < 4.78 is 5.14. The van der Waals surface area contributed by atoms with E-state index in [0.717, 1.165) is 5.56 Å². The number of nitrogen functional groups attached to an aromatic ring is 1.